The lowest BCUT2D eigenvalue weighted by Gasteiger charge is -2.45. The van der Waals surface area contributed by atoms with Crippen molar-refractivity contribution < 1.29 is 38.1 Å². The Bertz CT molecular complexity index is 900. The van der Waals surface area contributed by atoms with Crippen LogP contribution < -0.4 is 0 Å². The fraction of sp³-hybridized carbons (Fsp3) is 0.591. The van der Waals surface area contributed by atoms with Crippen LogP contribution in [0.4, 0.5) is 0 Å². The zero-order chi connectivity index (χ0) is 21.8. The standard InChI is InChI=1S/C22H26O8/c1-10-14-15-13(24)5-7-22(3,21(26)27-4)17(15)19(29-11(2)23)16(14)18(30-20(10)25)12-6-8-28-9-12/h6,8-9,13,15-19,24H,5,7H2,1-4H3/t13-,15+,16+,17-,18+,19-,22-/m1/s1. The van der Waals surface area contributed by atoms with Crippen LogP contribution in [0.25, 0.3) is 0 Å². The Morgan fingerprint density at radius 3 is 2.63 bits per heavy atom. The van der Waals surface area contributed by atoms with E-state index >= 15 is 0 Å². The Labute approximate surface area is 174 Å². The molecule has 1 aliphatic heterocycles. The zero-order valence-electron chi connectivity index (χ0n) is 17.4. The Kier molecular flexibility index (Phi) is 5.00. The highest BCUT2D eigenvalue weighted by atomic mass is 16.6. The molecule has 4 rings (SSSR count). The summed E-state index contributed by atoms with van der Waals surface area (Å²) in [6, 6.07) is 1.69. The number of fused-ring (bicyclic) bond motifs is 3. The molecular formula is C22H26O8. The fourth-order valence-corrected chi connectivity index (χ4v) is 5.77. The normalized spacial score (nSPS) is 37.8. The molecule has 0 amide bonds. The van der Waals surface area contributed by atoms with E-state index in [1.165, 1.54) is 26.6 Å². The predicted octanol–water partition coefficient (Wildman–Crippen LogP) is 2.32. The first kappa shape index (κ1) is 20.7. The van der Waals surface area contributed by atoms with Gasteiger partial charge in [-0.1, -0.05) is 0 Å². The fourth-order valence-electron chi connectivity index (χ4n) is 5.77. The van der Waals surface area contributed by atoms with Gasteiger partial charge in [-0.25, -0.2) is 4.79 Å². The molecule has 0 bridgehead atoms. The van der Waals surface area contributed by atoms with Crippen molar-refractivity contribution in [1.29, 1.82) is 0 Å². The first-order chi connectivity index (χ1) is 14.2. The Balaban J connectivity index is 1.93. The molecule has 0 aromatic carbocycles. The van der Waals surface area contributed by atoms with E-state index in [0.717, 1.165) is 0 Å². The maximum Gasteiger partial charge on any atom is 0.334 e. The average Bonchev–Trinajstić information content (AvgIpc) is 3.34. The van der Waals surface area contributed by atoms with Crippen molar-refractivity contribution in [2.45, 2.75) is 51.9 Å². The SMILES string of the molecule is COC(=O)[C@]1(C)CC[C@@H](O)[C@H]2C3=C(C)C(=O)O[C@@H](c4ccoc4)[C@H]3[C@@H](OC(C)=O)[C@@H]21. The van der Waals surface area contributed by atoms with Gasteiger partial charge in [0, 0.05) is 29.9 Å². The molecule has 2 saturated carbocycles. The molecule has 2 aliphatic carbocycles. The van der Waals surface area contributed by atoms with Crippen molar-refractivity contribution in [2.75, 3.05) is 7.11 Å². The van der Waals surface area contributed by atoms with E-state index in [2.05, 4.69) is 0 Å². The molecule has 0 radical (unpaired) electrons. The number of methoxy groups -OCH3 is 1. The minimum atomic E-state index is -0.993. The Morgan fingerprint density at radius 1 is 1.30 bits per heavy atom. The molecule has 2 heterocycles. The molecule has 3 aliphatic rings. The van der Waals surface area contributed by atoms with Gasteiger partial charge in [-0.05, 0) is 38.3 Å². The van der Waals surface area contributed by atoms with Crippen molar-refractivity contribution in [3.8, 4) is 0 Å². The molecule has 1 aromatic heterocycles. The van der Waals surface area contributed by atoms with Gasteiger partial charge in [0.05, 0.1) is 37.1 Å². The van der Waals surface area contributed by atoms with Crippen LogP contribution in [0.1, 0.15) is 45.3 Å². The van der Waals surface area contributed by atoms with Crippen LogP contribution in [0.2, 0.25) is 0 Å². The average molecular weight is 418 g/mol. The molecule has 7 atom stereocenters. The molecule has 8 nitrogen and oxygen atoms in total. The van der Waals surface area contributed by atoms with Gasteiger partial charge in [-0.2, -0.15) is 0 Å². The highest BCUT2D eigenvalue weighted by molar-refractivity contribution is 5.90. The van der Waals surface area contributed by atoms with E-state index in [1.807, 2.05) is 0 Å². The van der Waals surface area contributed by atoms with Crippen LogP contribution in [0.5, 0.6) is 0 Å². The van der Waals surface area contributed by atoms with E-state index in [1.54, 1.807) is 19.9 Å². The topological polar surface area (TPSA) is 112 Å². The maximum atomic E-state index is 12.9. The van der Waals surface area contributed by atoms with Crippen molar-refractivity contribution in [1.82, 2.24) is 0 Å². The lowest BCUT2D eigenvalue weighted by Crippen LogP contribution is -2.51. The third-order valence-electron chi connectivity index (χ3n) is 7.05. The van der Waals surface area contributed by atoms with Crippen LogP contribution in [0.15, 0.2) is 34.2 Å². The summed E-state index contributed by atoms with van der Waals surface area (Å²) in [5, 5.41) is 11.0. The first-order valence-electron chi connectivity index (χ1n) is 10.1. The summed E-state index contributed by atoms with van der Waals surface area (Å²) < 4.78 is 21.8. The molecule has 2 fully saturated rings. The van der Waals surface area contributed by atoms with Gasteiger partial charge in [0.2, 0.25) is 0 Å². The van der Waals surface area contributed by atoms with Crippen LogP contribution in [-0.4, -0.2) is 42.3 Å². The lowest BCUT2D eigenvalue weighted by molar-refractivity contribution is -0.177. The number of hydrogen-bond donors (Lipinski definition) is 1. The smallest absolute Gasteiger partial charge is 0.334 e. The number of aliphatic hydroxyl groups is 1. The van der Waals surface area contributed by atoms with Gasteiger partial charge in [-0.3, -0.25) is 9.59 Å². The summed E-state index contributed by atoms with van der Waals surface area (Å²) in [4.78, 5) is 37.6. The summed E-state index contributed by atoms with van der Waals surface area (Å²) in [6.45, 7) is 4.74. The zero-order valence-corrected chi connectivity index (χ0v) is 17.4. The number of ether oxygens (including phenoxy) is 3. The van der Waals surface area contributed by atoms with Gasteiger partial charge in [-0.15, -0.1) is 0 Å². The number of aliphatic hydroxyl groups excluding tert-OH is 1. The highest BCUT2D eigenvalue weighted by Gasteiger charge is 2.66. The van der Waals surface area contributed by atoms with Gasteiger partial charge in [0.25, 0.3) is 0 Å². The first-order valence-corrected chi connectivity index (χ1v) is 10.1. The minimum Gasteiger partial charge on any atom is -0.472 e. The number of carbonyl (C=O) groups is 3. The molecule has 8 heteroatoms. The van der Waals surface area contributed by atoms with Crippen LogP contribution in [-0.2, 0) is 28.6 Å². The Hall–Kier alpha value is -2.61. The second-order valence-electron chi connectivity index (χ2n) is 8.63. The molecule has 30 heavy (non-hydrogen) atoms. The van der Waals surface area contributed by atoms with Crippen LogP contribution >= 0.6 is 0 Å². The molecule has 0 saturated heterocycles. The molecular weight excluding hydrogens is 392 g/mol. The van der Waals surface area contributed by atoms with Crippen molar-refractivity contribution in [3.63, 3.8) is 0 Å². The largest absolute Gasteiger partial charge is 0.472 e. The van der Waals surface area contributed by atoms with Gasteiger partial charge >= 0.3 is 17.9 Å². The van der Waals surface area contributed by atoms with Gasteiger partial charge in [0.15, 0.2) is 0 Å². The monoisotopic (exact) mass is 418 g/mol. The van der Waals surface area contributed by atoms with Crippen molar-refractivity contribution in [2.24, 2.45) is 23.2 Å². The molecule has 1 N–H and O–H groups in total. The molecule has 162 valence electrons. The second-order valence-corrected chi connectivity index (χ2v) is 8.63. The van der Waals surface area contributed by atoms with Crippen molar-refractivity contribution >= 4 is 17.9 Å². The summed E-state index contributed by atoms with van der Waals surface area (Å²) in [6.07, 6.45) is 1.40. The lowest BCUT2D eigenvalue weighted by atomic mass is 9.61. The van der Waals surface area contributed by atoms with E-state index in [4.69, 9.17) is 18.6 Å². The third-order valence-corrected chi connectivity index (χ3v) is 7.05. The van der Waals surface area contributed by atoms with Gasteiger partial charge in [0.1, 0.15) is 12.2 Å². The maximum absolute atomic E-state index is 12.9. The van der Waals surface area contributed by atoms with Crippen LogP contribution in [0.3, 0.4) is 0 Å². The summed E-state index contributed by atoms with van der Waals surface area (Å²) in [5.41, 5.74) is 0.713. The number of cyclic esters (lactones) is 1. The molecule has 0 spiro atoms. The number of carbonyl (C=O) groups excluding carboxylic acids is 3. The highest BCUT2D eigenvalue weighted by Crippen LogP contribution is 2.62. The van der Waals surface area contributed by atoms with E-state index in [0.29, 0.717) is 29.6 Å². The molecule has 0 unspecified atom stereocenters. The van der Waals surface area contributed by atoms with E-state index in [9.17, 15) is 19.5 Å². The predicted molar refractivity (Wildman–Crippen MR) is 102 cm³/mol. The summed E-state index contributed by atoms with van der Waals surface area (Å²) in [5.74, 6) is -3.04. The minimum absolute atomic E-state index is 0.370. The van der Waals surface area contributed by atoms with Crippen molar-refractivity contribution in [3.05, 3.63) is 35.3 Å². The van der Waals surface area contributed by atoms with Crippen LogP contribution in [0, 0.1) is 23.2 Å². The number of hydrogen-bond acceptors (Lipinski definition) is 8. The van der Waals surface area contributed by atoms with E-state index in [-0.39, 0.29) is 0 Å². The Morgan fingerprint density at radius 2 is 2.03 bits per heavy atom. The number of esters is 3. The molecule has 1 aromatic rings. The van der Waals surface area contributed by atoms with Gasteiger partial charge < -0.3 is 23.7 Å². The third kappa shape index (κ3) is 2.88. The summed E-state index contributed by atoms with van der Waals surface area (Å²) in [7, 11) is 1.32. The number of furan rings is 1. The quantitative estimate of drug-likeness (QED) is 0.588. The number of rotatable bonds is 3. The second kappa shape index (κ2) is 7.27. The summed E-state index contributed by atoms with van der Waals surface area (Å²) >= 11 is 0. The van der Waals surface area contributed by atoms with E-state index < -0.39 is 59.4 Å².